The second-order valence-corrected chi connectivity index (χ2v) is 6.10. The normalized spacial score (nSPS) is 13.2. The summed E-state index contributed by atoms with van der Waals surface area (Å²) in [6.45, 7) is 1.08. The van der Waals surface area contributed by atoms with Gasteiger partial charge in [0.15, 0.2) is 9.84 Å². The lowest BCUT2D eigenvalue weighted by molar-refractivity contribution is 0.0696. The van der Waals surface area contributed by atoms with E-state index in [0.29, 0.717) is 12.0 Å². The van der Waals surface area contributed by atoms with Crippen molar-refractivity contribution in [1.82, 2.24) is 0 Å². The van der Waals surface area contributed by atoms with Gasteiger partial charge < -0.3 is 15.3 Å². The molecule has 19 heavy (non-hydrogen) atoms. The van der Waals surface area contributed by atoms with Gasteiger partial charge in [-0.25, -0.2) is 13.2 Å². The first-order valence-electron chi connectivity index (χ1n) is 5.69. The predicted octanol–water partition coefficient (Wildman–Crippen LogP) is 0.0741. The second-order valence-electron chi connectivity index (χ2n) is 4.10. The molecule has 0 bridgehead atoms. The highest BCUT2D eigenvalue weighted by molar-refractivity contribution is 7.91. The van der Waals surface area contributed by atoms with Crippen LogP contribution in [0.3, 0.4) is 0 Å². The van der Waals surface area contributed by atoms with Crippen molar-refractivity contribution in [2.75, 3.05) is 12.4 Å². The average molecular weight is 288 g/mol. The minimum absolute atomic E-state index is 0.109. The molecule has 0 radical (unpaired) electrons. The Kier molecular flexibility index (Phi) is 5.04. The van der Waals surface area contributed by atoms with Crippen LogP contribution in [0.15, 0.2) is 23.1 Å². The number of hydrogen-bond acceptors (Lipinski definition) is 5. The third kappa shape index (κ3) is 3.76. The number of sulfone groups is 1. The largest absolute Gasteiger partial charge is 0.478 e. The molecule has 7 heteroatoms. The summed E-state index contributed by atoms with van der Waals surface area (Å²) in [5.41, 5.74) is 0.351. The van der Waals surface area contributed by atoms with Crippen LogP contribution in [0.2, 0.25) is 0 Å². The fraction of sp³-hybridized carbons (Fsp3) is 0.417. The van der Waals surface area contributed by atoms with E-state index < -0.39 is 34.3 Å². The summed E-state index contributed by atoms with van der Waals surface area (Å²) in [6.07, 6.45) is -0.966. The Morgan fingerprint density at radius 3 is 2.47 bits per heavy atom. The van der Waals surface area contributed by atoms with E-state index >= 15 is 0 Å². The average Bonchev–Trinajstić information content (AvgIpc) is 2.37. The van der Waals surface area contributed by atoms with Crippen molar-refractivity contribution in [3.8, 4) is 0 Å². The molecule has 0 amide bonds. The van der Waals surface area contributed by atoms with Gasteiger partial charge in [-0.2, -0.15) is 0 Å². The first-order valence-corrected chi connectivity index (χ1v) is 7.35. The summed E-state index contributed by atoms with van der Waals surface area (Å²) in [5.74, 6) is -1.86. The zero-order chi connectivity index (χ0) is 14.6. The smallest absolute Gasteiger partial charge is 0.335 e. The maximum absolute atomic E-state index is 12.1. The van der Waals surface area contributed by atoms with Gasteiger partial charge in [0.1, 0.15) is 0 Å². The molecule has 106 valence electrons. The van der Waals surface area contributed by atoms with Crippen LogP contribution in [0.1, 0.15) is 22.8 Å². The van der Waals surface area contributed by atoms with Crippen LogP contribution in [0.5, 0.6) is 0 Å². The summed E-state index contributed by atoms with van der Waals surface area (Å²) in [4.78, 5) is 10.8. The third-order valence-corrected chi connectivity index (χ3v) is 4.53. The number of carboxylic acid groups (broad SMARTS) is 1. The number of rotatable bonds is 6. The molecule has 1 aromatic carbocycles. The standard InChI is InChI=1S/C12H16O6S/c1-2-8-3-4-9(12(15)16)5-11(8)19(17,18)7-10(14)6-13/h3-5,10,13-14H,2,6-7H2,1H3,(H,15,16). The van der Waals surface area contributed by atoms with Gasteiger partial charge in [-0.15, -0.1) is 0 Å². The molecule has 1 aromatic rings. The Balaban J connectivity index is 3.30. The molecule has 1 unspecified atom stereocenters. The molecule has 0 fully saturated rings. The van der Waals surface area contributed by atoms with Crippen molar-refractivity contribution in [3.63, 3.8) is 0 Å². The van der Waals surface area contributed by atoms with Crippen LogP contribution in [0.25, 0.3) is 0 Å². The minimum atomic E-state index is -3.84. The highest BCUT2D eigenvalue weighted by Gasteiger charge is 2.23. The fourth-order valence-corrected chi connectivity index (χ4v) is 3.37. The maximum Gasteiger partial charge on any atom is 0.335 e. The van der Waals surface area contributed by atoms with Crippen LogP contribution in [0, 0.1) is 0 Å². The second kappa shape index (κ2) is 6.14. The van der Waals surface area contributed by atoms with Crippen LogP contribution in [-0.4, -0.2) is 48.2 Å². The summed E-state index contributed by atoms with van der Waals surface area (Å²) in [7, 11) is -3.84. The summed E-state index contributed by atoms with van der Waals surface area (Å²) in [6, 6.07) is 3.87. The minimum Gasteiger partial charge on any atom is -0.478 e. The quantitative estimate of drug-likeness (QED) is 0.683. The molecular weight excluding hydrogens is 272 g/mol. The fourth-order valence-electron chi connectivity index (χ4n) is 1.66. The van der Waals surface area contributed by atoms with E-state index in [1.807, 2.05) is 0 Å². The van der Waals surface area contributed by atoms with Crippen molar-refractivity contribution in [2.45, 2.75) is 24.3 Å². The number of benzene rings is 1. The molecule has 0 spiro atoms. The van der Waals surface area contributed by atoms with E-state index in [1.165, 1.54) is 12.1 Å². The highest BCUT2D eigenvalue weighted by atomic mass is 32.2. The zero-order valence-electron chi connectivity index (χ0n) is 10.4. The van der Waals surface area contributed by atoms with Crippen molar-refractivity contribution in [3.05, 3.63) is 29.3 Å². The van der Waals surface area contributed by atoms with E-state index in [0.717, 1.165) is 6.07 Å². The van der Waals surface area contributed by atoms with E-state index in [1.54, 1.807) is 6.92 Å². The molecule has 0 saturated heterocycles. The maximum atomic E-state index is 12.1. The predicted molar refractivity (Wildman–Crippen MR) is 67.9 cm³/mol. The molecule has 0 saturated carbocycles. The summed E-state index contributed by atoms with van der Waals surface area (Å²) < 4.78 is 24.2. The van der Waals surface area contributed by atoms with Gasteiger partial charge in [0.05, 0.1) is 28.9 Å². The first-order chi connectivity index (χ1) is 8.81. The SMILES string of the molecule is CCc1ccc(C(=O)O)cc1S(=O)(=O)CC(O)CO. The summed E-state index contributed by atoms with van der Waals surface area (Å²) >= 11 is 0. The molecule has 6 nitrogen and oxygen atoms in total. The van der Waals surface area contributed by atoms with Crippen molar-refractivity contribution in [1.29, 1.82) is 0 Å². The van der Waals surface area contributed by atoms with Gasteiger partial charge in [0.25, 0.3) is 0 Å². The van der Waals surface area contributed by atoms with E-state index in [2.05, 4.69) is 0 Å². The van der Waals surface area contributed by atoms with Gasteiger partial charge in [0, 0.05) is 0 Å². The van der Waals surface area contributed by atoms with E-state index in [4.69, 9.17) is 10.2 Å². The van der Waals surface area contributed by atoms with Gasteiger partial charge >= 0.3 is 5.97 Å². The van der Waals surface area contributed by atoms with Gasteiger partial charge in [-0.1, -0.05) is 13.0 Å². The molecule has 1 atom stereocenters. The Bertz CT molecular complexity index is 564. The van der Waals surface area contributed by atoms with Gasteiger partial charge in [-0.3, -0.25) is 0 Å². The molecule has 3 N–H and O–H groups in total. The topological polar surface area (TPSA) is 112 Å². The van der Waals surface area contributed by atoms with Crippen LogP contribution in [-0.2, 0) is 16.3 Å². The van der Waals surface area contributed by atoms with Crippen molar-refractivity contribution >= 4 is 15.8 Å². The first kappa shape index (κ1) is 15.6. The Labute approximate surface area is 111 Å². The molecule has 0 aliphatic heterocycles. The number of aliphatic hydroxyl groups excluding tert-OH is 2. The monoisotopic (exact) mass is 288 g/mol. The summed E-state index contributed by atoms with van der Waals surface area (Å²) in [5, 5.41) is 26.8. The van der Waals surface area contributed by atoms with Gasteiger partial charge in [0.2, 0.25) is 0 Å². The van der Waals surface area contributed by atoms with E-state index in [9.17, 15) is 18.3 Å². The number of aromatic carboxylic acids is 1. The molecule has 1 rings (SSSR count). The van der Waals surface area contributed by atoms with Crippen LogP contribution in [0.4, 0.5) is 0 Å². The number of carboxylic acids is 1. The number of hydrogen-bond donors (Lipinski definition) is 3. The zero-order valence-corrected chi connectivity index (χ0v) is 11.2. The van der Waals surface area contributed by atoms with Crippen molar-refractivity contribution in [2.24, 2.45) is 0 Å². The molecule has 0 aromatic heterocycles. The Hall–Kier alpha value is -1.44. The van der Waals surface area contributed by atoms with Gasteiger partial charge in [-0.05, 0) is 24.1 Å². The van der Waals surface area contributed by atoms with E-state index in [-0.39, 0.29) is 10.5 Å². The van der Waals surface area contributed by atoms with Crippen LogP contribution >= 0.6 is 0 Å². The number of aliphatic hydroxyl groups is 2. The molecule has 0 heterocycles. The lowest BCUT2D eigenvalue weighted by Crippen LogP contribution is -2.25. The molecular formula is C12H16O6S. The lowest BCUT2D eigenvalue weighted by Gasteiger charge is -2.12. The number of carbonyl (C=O) groups is 1. The van der Waals surface area contributed by atoms with Crippen molar-refractivity contribution < 1.29 is 28.5 Å². The Morgan fingerprint density at radius 2 is 2.00 bits per heavy atom. The lowest BCUT2D eigenvalue weighted by atomic mass is 10.1. The highest BCUT2D eigenvalue weighted by Crippen LogP contribution is 2.20. The number of aryl methyl sites for hydroxylation is 1. The molecule has 0 aliphatic carbocycles. The van der Waals surface area contributed by atoms with Crippen LogP contribution < -0.4 is 0 Å². The molecule has 0 aliphatic rings. The Morgan fingerprint density at radius 1 is 1.37 bits per heavy atom. The third-order valence-electron chi connectivity index (χ3n) is 2.65.